The largest absolute Gasteiger partial charge is 0.497 e. The molecule has 1 amide bonds. The van der Waals surface area contributed by atoms with Gasteiger partial charge in [-0.2, -0.15) is 0 Å². The molecule has 0 saturated heterocycles. The molecule has 0 radical (unpaired) electrons. The molecular weight excluding hydrogens is 306 g/mol. The Hall–Kier alpha value is -3.08. The monoisotopic (exact) mass is 325 g/mol. The van der Waals surface area contributed by atoms with Crippen molar-refractivity contribution >= 4 is 23.5 Å². The Morgan fingerprint density at radius 2 is 1.71 bits per heavy atom. The van der Waals surface area contributed by atoms with Crippen molar-refractivity contribution in [3.8, 4) is 11.5 Å². The van der Waals surface area contributed by atoms with E-state index in [2.05, 4.69) is 5.32 Å². The predicted molar refractivity (Wildman–Crippen MR) is 93.7 cm³/mol. The van der Waals surface area contributed by atoms with Gasteiger partial charge in [-0.3, -0.25) is 9.59 Å². The third-order valence-electron chi connectivity index (χ3n) is 3.41. The number of carbonyl (C=O) groups is 2. The first-order valence-electron chi connectivity index (χ1n) is 7.35. The highest BCUT2D eigenvalue weighted by Gasteiger charge is 2.04. The molecule has 0 aliphatic carbocycles. The van der Waals surface area contributed by atoms with Crippen LogP contribution >= 0.6 is 0 Å². The van der Waals surface area contributed by atoms with Gasteiger partial charge in [0.1, 0.15) is 11.5 Å². The molecule has 0 aliphatic heterocycles. The number of methoxy groups -OCH3 is 2. The Kier molecular flexibility index (Phi) is 5.73. The molecule has 0 aromatic heterocycles. The molecule has 124 valence electrons. The highest BCUT2D eigenvalue weighted by atomic mass is 16.5. The quantitative estimate of drug-likeness (QED) is 0.651. The lowest BCUT2D eigenvalue weighted by Gasteiger charge is -2.07. The Labute approximate surface area is 140 Å². The second-order valence-electron chi connectivity index (χ2n) is 5.06. The number of ketones is 1. The number of carbonyl (C=O) groups excluding carboxylic acids is 2. The summed E-state index contributed by atoms with van der Waals surface area (Å²) in [5.74, 6) is 1.02. The summed E-state index contributed by atoms with van der Waals surface area (Å²) in [4.78, 5) is 23.3. The Morgan fingerprint density at radius 1 is 1.00 bits per heavy atom. The van der Waals surface area contributed by atoms with Crippen LogP contribution in [0.2, 0.25) is 0 Å². The summed E-state index contributed by atoms with van der Waals surface area (Å²) in [6.07, 6.45) is 3.07. The number of hydrogen-bond acceptors (Lipinski definition) is 4. The molecule has 2 rings (SSSR count). The van der Waals surface area contributed by atoms with E-state index in [0.29, 0.717) is 22.7 Å². The van der Waals surface area contributed by atoms with Crippen LogP contribution in [-0.2, 0) is 4.79 Å². The van der Waals surface area contributed by atoms with Crippen LogP contribution in [0.25, 0.3) is 6.08 Å². The van der Waals surface area contributed by atoms with Crippen molar-refractivity contribution in [2.75, 3.05) is 19.5 Å². The number of benzene rings is 2. The molecule has 5 heteroatoms. The number of anilines is 1. The van der Waals surface area contributed by atoms with Crippen LogP contribution in [0.4, 0.5) is 5.69 Å². The summed E-state index contributed by atoms with van der Waals surface area (Å²) < 4.78 is 10.4. The minimum atomic E-state index is -0.282. The van der Waals surface area contributed by atoms with Crippen LogP contribution in [0.15, 0.2) is 48.5 Å². The lowest BCUT2D eigenvalue weighted by molar-refractivity contribution is -0.111. The van der Waals surface area contributed by atoms with Crippen LogP contribution in [0, 0.1) is 0 Å². The van der Waals surface area contributed by atoms with Crippen LogP contribution in [0.5, 0.6) is 11.5 Å². The average Bonchev–Trinajstić information content (AvgIpc) is 2.60. The number of nitrogens with one attached hydrogen (secondary N) is 1. The van der Waals surface area contributed by atoms with Crippen molar-refractivity contribution in [2.45, 2.75) is 6.92 Å². The summed E-state index contributed by atoms with van der Waals surface area (Å²) in [6.45, 7) is 1.50. The summed E-state index contributed by atoms with van der Waals surface area (Å²) in [6, 6.07) is 12.1. The SMILES string of the molecule is COc1ccc(OC)c(C=CC(=O)Nc2ccc(C(C)=O)cc2)c1. The number of Topliss-reactive ketones (excluding diaryl/α,β-unsaturated/α-hetero) is 1. The Morgan fingerprint density at radius 3 is 2.29 bits per heavy atom. The lowest BCUT2D eigenvalue weighted by atomic mass is 10.1. The zero-order valence-electron chi connectivity index (χ0n) is 13.8. The summed E-state index contributed by atoms with van der Waals surface area (Å²) in [5, 5.41) is 2.74. The Bertz CT molecular complexity index is 763. The van der Waals surface area contributed by atoms with Gasteiger partial charge < -0.3 is 14.8 Å². The minimum absolute atomic E-state index is 0.0158. The van der Waals surface area contributed by atoms with Crippen molar-refractivity contribution in [2.24, 2.45) is 0 Å². The van der Waals surface area contributed by atoms with E-state index in [4.69, 9.17) is 9.47 Å². The molecule has 2 aromatic rings. The van der Waals surface area contributed by atoms with Crippen LogP contribution in [0.3, 0.4) is 0 Å². The molecule has 0 unspecified atom stereocenters. The zero-order chi connectivity index (χ0) is 17.5. The van der Waals surface area contributed by atoms with E-state index in [1.54, 1.807) is 62.8 Å². The van der Waals surface area contributed by atoms with Gasteiger partial charge in [0, 0.05) is 22.9 Å². The lowest BCUT2D eigenvalue weighted by Crippen LogP contribution is -2.07. The molecule has 5 nitrogen and oxygen atoms in total. The van der Waals surface area contributed by atoms with Gasteiger partial charge in [-0.15, -0.1) is 0 Å². The molecule has 1 N–H and O–H groups in total. The van der Waals surface area contributed by atoms with Crippen molar-refractivity contribution in [3.63, 3.8) is 0 Å². The highest BCUT2D eigenvalue weighted by molar-refractivity contribution is 6.02. The van der Waals surface area contributed by atoms with Crippen molar-refractivity contribution in [1.82, 2.24) is 0 Å². The summed E-state index contributed by atoms with van der Waals surface area (Å²) in [7, 11) is 3.14. The van der Waals surface area contributed by atoms with E-state index < -0.39 is 0 Å². The number of rotatable bonds is 6. The molecular formula is C19H19NO4. The minimum Gasteiger partial charge on any atom is -0.497 e. The molecule has 0 aliphatic rings. The predicted octanol–water partition coefficient (Wildman–Crippen LogP) is 3.56. The van der Waals surface area contributed by atoms with Gasteiger partial charge >= 0.3 is 0 Å². The fourth-order valence-electron chi connectivity index (χ4n) is 2.11. The fourth-order valence-corrected chi connectivity index (χ4v) is 2.11. The molecule has 0 fully saturated rings. The fraction of sp³-hybridized carbons (Fsp3) is 0.158. The standard InChI is InChI=1S/C19H19NO4/c1-13(21)14-4-7-16(8-5-14)20-19(22)11-6-15-12-17(23-2)9-10-18(15)24-3/h4-12H,1-3H3,(H,20,22). The maximum absolute atomic E-state index is 12.0. The van der Waals surface area contributed by atoms with E-state index in [1.807, 2.05) is 0 Å². The van der Waals surface area contributed by atoms with E-state index in [9.17, 15) is 9.59 Å². The third kappa shape index (κ3) is 4.46. The average molecular weight is 325 g/mol. The van der Waals surface area contributed by atoms with Crippen molar-refractivity contribution in [3.05, 3.63) is 59.7 Å². The van der Waals surface area contributed by atoms with Gasteiger partial charge in [0.15, 0.2) is 5.78 Å². The van der Waals surface area contributed by atoms with E-state index in [-0.39, 0.29) is 11.7 Å². The highest BCUT2D eigenvalue weighted by Crippen LogP contribution is 2.25. The molecule has 0 atom stereocenters. The number of hydrogen-bond donors (Lipinski definition) is 1. The molecule has 0 heterocycles. The van der Waals surface area contributed by atoms with Gasteiger partial charge in [-0.1, -0.05) is 0 Å². The van der Waals surface area contributed by atoms with Crippen LogP contribution in [0.1, 0.15) is 22.8 Å². The van der Waals surface area contributed by atoms with Gasteiger partial charge in [0.25, 0.3) is 0 Å². The molecule has 0 spiro atoms. The van der Waals surface area contributed by atoms with Gasteiger partial charge in [-0.25, -0.2) is 0 Å². The summed E-state index contributed by atoms with van der Waals surface area (Å²) in [5.41, 5.74) is 1.95. The van der Waals surface area contributed by atoms with Gasteiger partial charge in [0.2, 0.25) is 5.91 Å². The van der Waals surface area contributed by atoms with E-state index in [0.717, 1.165) is 5.56 Å². The number of ether oxygens (including phenoxy) is 2. The van der Waals surface area contributed by atoms with Crippen LogP contribution < -0.4 is 14.8 Å². The summed E-state index contributed by atoms with van der Waals surface area (Å²) >= 11 is 0. The second-order valence-corrected chi connectivity index (χ2v) is 5.06. The van der Waals surface area contributed by atoms with Crippen molar-refractivity contribution in [1.29, 1.82) is 0 Å². The van der Waals surface area contributed by atoms with Crippen LogP contribution in [-0.4, -0.2) is 25.9 Å². The molecule has 24 heavy (non-hydrogen) atoms. The van der Waals surface area contributed by atoms with Crippen molar-refractivity contribution < 1.29 is 19.1 Å². The first-order valence-corrected chi connectivity index (χ1v) is 7.35. The first-order chi connectivity index (χ1) is 11.5. The maximum Gasteiger partial charge on any atom is 0.248 e. The smallest absolute Gasteiger partial charge is 0.248 e. The third-order valence-corrected chi connectivity index (χ3v) is 3.41. The molecule has 0 saturated carbocycles. The second kappa shape index (κ2) is 7.97. The van der Waals surface area contributed by atoms with E-state index in [1.165, 1.54) is 13.0 Å². The normalized spacial score (nSPS) is 10.5. The topological polar surface area (TPSA) is 64.6 Å². The Balaban J connectivity index is 2.08. The first kappa shape index (κ1) is 17.3. The van der Waals surface area contributed by atoms with E-state index >= 15 is 0 Å². The maximum atomic E-state index is 12.0. The van der Waals surface area contributed by atoms with Gasteiger partial charge in [0.05, 0.1) is 14.2 Å². The number of amides is 1. The zero-order valence-corrected chi connectivity index (χ0v) is 13.8. The van der Waals surface area contributed by atoms with Gasteiger partial charge in [-0.05, 0) is 55.5 Å². The molecule has 0 bridgehead atoms. The molecule has 2 aromatic carbocycles.